The minimum absolute atomic E-state index is 0.0238. The van der Waals surface area contributed by atoms with Crippen LogP contribution in [0.4, 0.5) is 0 Å². The zero-order chi connectivity index (χ0) is 17.5. The molecular formula is C19H23N5. The summed E-state index contributed by atoms with van der Waals surface area (Å²) in [4.78, 5) is 0. The minimum atomic E-state index is -0.220. The van der Waals surface area contributed by atoms with E-state index in [1.54, 1.807) is 6.07 Å². The third kappa shape index (κ3) is 3.55. The molecule has 0 aliphatic carbocycles. The average molecular weight is 321 g/mol. The zero-order valence-electron chi connectivity index (χ0n) is 14.0. The van der Waals surface area contributed by atoms with Crippen LogP contribution in [0.2, 0.25) is 0 Å². The lowest BCUT2D eigenvalue weighted by atomic mass is 9.91. The van der Waals surface area contributed by atoms with E-state index in [9.17, 15) is 0 Å². The van der Waals surface area contributed by atoms with Crippen LogP contribution in [0.5, 0.6) is 0 Å². The lowest BCUT2D eigenvalue weighted by Crippen LogP contribution is -2.38. The summed E-state index contributed by atoms with van der Waals surface area (Å²) in [6, 6.07) is 9.47. The second-order valence-corrected chi connectivity index (χ2v) is 5.32. The number of hydrogen-bond donors (Lipinski definition) is 4. The van der Waals surface area contributed by atoms with Crippen molar-refractivity contribution in [2.24, 2.45) is 5.73 Å². The molecule has 2 aliphatic rings. The van der Waals surface area contributed by atoms with Crippen molar-refractivity contribution in [2.75, 3.05) is 0 Å². The van der Waals surface area contributed by atoms with Crippen molar-refractivity contribution < 1.29 is 0 Å². The predicted octanol–water partition coefficient (Wildman–Crippen LogP) is 2.50. The highest BCUT2D eigenvalue weighted by molar-refractivity contribution is 5.67. The number of nitrogens with zero attached hydrogens (tertiary/aromatic N) is 1. The van der Waals surface area contributed by atoms with Gasteiger partial charge in [0.05, 0.1) is 29.8 Å². The van der Waals surface area contributed by atoms with Crippen molar-refractivity contribution in [3.8, 4) is 6.07 Å². The summed E-state index contributed by atoms with van der Waals surface area (Å²) in [5.74, 6) is 0. The van der Waals surface area contributed by atoms with Gasteiger partial charge in [-0.25, -0.2) is 0 Å². The molecule has 0 radical (unpaired) electrons. The third-order valence-corrected chi connectivity index (χ3v) is 3.93. The van der Waals surface area contributed by atoms with Crippen LogP contribution in [-0.2, 0) is 0 Å². The van der Waals surface area contributed by atoms with Gasteiger partial charge in [-0.2, -0.15) is 5.26 Å². The summed E-state index contributed by atoms with van der Waals surface area (Å²) < 4.78 is 0. The van der Waals surface area contributed by atoms with Crippen LogP contribution in [0.3, 0.4) is 0 Å². The van der Waals surface area contributed by atoms with Gasteiger partial charge in [0, 0.05) is 11.9 Å². The van der Waals surface area contributed by atoms with Crippen LogP contribution in [0.25, 0.3) is 0 Å². The van der Waals surface area contributed by atoms with Crippen molar-refractivity contribution >= 4 is 6.21 Å². The number of hydrogen-bond acceptors (Lipinski definition) is 5. The molecule has 5 N–H and O–H groups in total. The smallest absolute Gasteiger partial charge is 0.0991 e. The van der Waals surface area contributed by atoms with Crippen molar-refractivity contribution in [3.63, 3.8) is 0 Å². The van der Waals surface area contributed by atoms with Gasteiger partial charge in [0.1, 0.15) is 0 Å². The lowest BCUT2D eigenvalue weighted by Gasteiger charge is -2.28. The normalized spacial score (nSPS) is 24.6. The van der Waals surface area contributed by atoms with E-state index < -0.39 is 0 Å². The maximum Gasteiger partial charge on any atom is 0.0991 e. The topological polar surface area (TPSA) is 97.7 Å². The molecule has 3 unspecified atom stereocenters. The Morgan fingerprint density at radius 3 is 2.79 bits per heavy atom. The minimum Gasteiger partial charge on any atom is -0.401 e. The van der Waals surface area contributed by atoms with Crippen LogP contribution >= 0.6 is 0 Å². The van der Waals surface area contributed by atoms with Gasteiger partial charge in [-0.1, -0.05) is 32.1 Å². The highest BCUT2D eigenvalue weighted by Crippen LogP contribution is 2.30. The van der Waals surface area contributed by atoms with E-state index in [0.29, 0.717) is 11.3 Å². The molecule has 0 bridgehead atoms. The zero-order valence-corrected chi connectivity index (χ0v) is 14.0. The Kier molecular flexibility index (Phi) is 5.94. The van der Waals surface area contributed by atoms with Gasteiger partial charge in [0.15, 0.2) is 0 Å². The number of nitrogens with one attached hydrogen (secondary N) is 3. The van der Waals surface area contributed by atoms with Crippen LogP contribution in [-0.4, -0.2) is 18.3 Å². The molecule has 1 aromatic rings. The standard InChI is InChI=1S/C17H17N5.C2H6/c18-9-11-3-1-4-12(7-11)17-13(5-2-6-21-17)15-8-14(20)16(10-19)22-15;1-2/h1-8,10,15-17,19,21-22H,20H2;1-2H3. The number of nitrogens with two attached hydrogens (primary N) is 1. The summed E-state index contributed by atoms with van der Waals surface area (Å²) in [5, 5.41) is 23.1. The van der Waals surface area contributed by atoms with Crippen LogP contribution in [0, 0.1) is 16.7 Å². The van der Waals surface area contributed by atoms with Crippen LogP contribution < -0.4 is 16.4 Å². The van der Waals surface area contributed by atoms with Crippen molar-refractivity contribution in [1.29, 1.82) is 10.7 Å². The SMILES string of the molecule is CC.N#Cc1cccc(C2NC=CC=C2C2C=C(N)C(C=N)N2)c1. The van der Waals surface area contributed by atoms with E-state index in [1.165, 1.54) is 6.21 Å². The highest BCUT2D eigenvalue weighted by atomic mass is 15.0. The molecule has 2 heterocycles. The molecule has 0 fully saturated rings. The number of nitriles is 1. The van der Waals surface area contributed by atoms with Gasteiger partial charge in [0.25, 0.3) is 0 Å². The van der Waals surface area contributed by atoms with Gasteiger partial charge in [-0.3, -0.25) is 5.32 Å². The molecule has 24 heavy (non-hydrogen) atoms. The van der Waals surface area contributed by atoms with E-state index in [-0.39, 0.29) is 18.1 Å². The average Bonchev–Trinajstić information content (AvgIpc) is 3.04. The number of rotatable bonds is 3. The molecular weight excluding hydrogens is 298 g/mol. The summed E-state index contributed by atoms with van der Waals surface area (Å²) in [7, 11) is 0. The van der Waals surface area contributed by atoms with E-state index in [2.05, 4.69) is 16.7 Å². The van der Waals surface area contributed by atoms with Gasteiger partial charge < -0.3 is 16.5 Å². The number of benzene rings is 1. The fourth-order valence-corrected chi connectivity index (χ4v) is 2.83. The molecule has 0 saturated carbocycles. The highest BCUT2D eigenvalue weighted by Gasteiger charge is 2.29. The molecule has 2 aliphatic heterocycles. The molecule has 3 rings (SSSR count). The quantitative estimate of drug-likeness (QED) is 0.643. The maximum absolute atomic E-state index is 9.08. The second-order valence-electron chi connectivity index (χ2n) is 5.32. The summed E-state index contributed by atoms with van der Waals surface area (Å²) in [6.07, 6.45) is 9.15. The molecule has 5 heteroatoms. The molecule has 0 aromatic heterocycles. The fourth-order valence-electron chi connectivity index (χ4n) is 2.83. The molecule has 0 saturated heterocycles. The Balaban J connectivity index is 0.00000100. The molecule has 3 atom stereocenters. The maximum atomic E-state index is 9.08. The number of dihydropyridines is 1. The largest absolute Gasteiger partial charge is 0.401 e. The Morgan fingerprint density at radius 1 is 1.33 bits per heavy atom. The Hall–Kier alpha value is -2.84. The monoisotopic (exact) mass is 321 g/mol. The Bertz CT molecular complexity index is 724. The van der Waals surface area contributed by atoms with Crippen LogP contribution in [0.1, 0.15) is 31.0 Å². The molecule has 0 amide bonds. The lowest BCUT2D eigenvalue weighted by molar-refractivity contribution is 0.601. The first-order valence-electron chi connectivity index (χ1n) is 8.09. The first-order chi connectivity index (χ1) is 11.7. The van der Waals surface area contributed by atoms with E-state index in [1.807, 2.05) is 56.5 Å². The predicted molar refractivity (Wildman–Crippen MR) is 97.4 cm³/mol. The Morgan fingerprint density at radius 2 is 2.12 bits per heavy atom. The van der Waals surface area contributed by atoms with E-state index in [0.717, 1.165) is 11.1 Å². The van der Waals surface area contributed by atoms with E-state index >= 15 is 0 Å². The molecule has 124 valence electrons. The van der Waals surface area contributed by atoms with Crippen molar-refractivity contribution in [2.45, 2.75) is 32.0 Å². The molecule has 1 aromatic carbocycles. The fraction of sp³-hybridized carbons (Fsp3) is 0.263. The third-order valence-electron chi connectivity index (χ3n) is 3.93. The van der Waals surface area contributed by atoms with E-state index in [4.69, 9.17) is 16.4 Å². The van der Waals surface area contributed by atoms with Gasteiger partial charge in [-0.15, -0.1) is 0 Å². The Labute approximate surface area is 143 Å². The summed E-state index contributed by atoms with van der Waals surface area (Å²) in [5.41, 5.74) is 9.41. The first-order valence-corrected chi connectivity index (χ1v) is 8.09. The van der Waals surface area contributed by atoms with Gasteiger partial charge >= 0.3 is 0 Å². The first kappa shape index (κ1) is 17.5. The van der Waals surface area contributed by atoms with Crippen molar-refractivity contribution in [3.05, 3.63) is 71.1 Å². The second kappa shape index (κ2) is 8.14. The molecule has 0 spiro atoms. The van der Waals surface area contributed by atoms with Gasteiger partial charge in [-0.05, 0) is 41.6 Å². The van der Waals surface area contributed by atoms with Crippen LogP contribution in [0.15, 0.2) is 60.0 Å². The van der Waals surface area contributed by atoms with Gasteiger partial charge in [0.2, 0.25) is 0 Å². The molecule has 5 nitrogen and oxygen atoms in total. The number of allylic oxidation sites excluding steroid dienone is 2. The van der Waals surface area contributed by atoms with Crippen molar-refractivity contribution in [1.82, 2.24) is 10.6 Å². The summed E-state index contributed by atoms with van der Waals surface area (Å²) >= 11 is 0. The summed E-state index contributed by atoms with van der Waals surface area (Å²) in [6.45, 7) is 4.00.